The normalized spacial score (nSPS) is 26.0. The molecule has 0 aromatic carbocycles. The van der Waals surface area contributed by atoms with Crippen LogP contribution in [0.15, 0.2) is 11.1 Å². The number of likely N-dealkylation sites (tertiary alicyclic amines) is 1. The fourth-order valence-electron chi connectivity index (χ4n) is 3.94. The molecule has 0 spiro atoms. The van der Waals surface area contributed by atoms with Gasteiger partial charge in [-0.25, -0.2) is 8.42 Å². The van der Waals surface area contributed by atoms with Gasteiger partial charge in [0.1, 0.15) is 0 Å². The zero-order chi connectivity index (χ0) is 17.2. The molecule has 3 rings (SSSR count). The number of hydrogen-bond acceptors (Lipinski definition) is 4. The third-order valence-electron chi connectivity index (χ3n) is 4.87. The second kappa shape index (κ2) is 5.04. The Bertz CT molecular complexity index is 751. The lowest BCUT2D eigenvalue weighted by molar-refractivity contribution is -0.0522. The van der Waals surface area contributed by atoms with Gasteiger partial charge in [0.05, 0.1) is 6.54 Å². The van der Waals surface area contributed by atoms with E-state index in [9.17, 15) is 13.2 Å². The van der Waals surface area contributed by atoms with Crippen LogP contribution in [0.25, 0.3) is 0 Å². The Balaban J connectivity index is 1.91. The van der Waals surface area contributed by atoms with Crippen LogP contribution >= 0.6 is 0 Å². The minimum absolute atomic E-state index is 0.0788. The number of sulfonamides is 1. The smallest absolute Gasteiger partial charge is 0.274 e. The minimum Gasteiger partial charge on any atom is -0.333 e. The monoisotopic (exact) mass is 340 g/mol. The van der Waals surface area contributed by atoms with Gasteiger partial charge in [-0.1, -0.05) is 27.7 Å². The van der Waals surface area contributed by atoms with Crippen LogP contribution in [0.1, 0.15) is 38.2 Å². The highest BCUT2D eigenvalue weighted by molar-refractivity contribution is 7.89. The summed E-state index contributed by atoms with van der Waals surface area (Å²) >= 11 is 0. The molecule has 1 saturated heterocycles. The van der Waals surface area contributed by atoms with E-state index in [0.29, 0.717) is 25.6 Å². The Labute approximate surface area is 137 Å². The van der Waals surface area contributed by atoms with Crippen molar-refractivity contribution in [3.8, 4) is 0 Å². The number of carbonyl (C=O) groups excluding carboxylic acids is 1. The number of rotatable bonds is 2. The van der Waals surface area contributed by atoms with Crippen molar-refractivity contribution in [3.05, 3.63) is 11.8 Å². The number of aromatic nitrogens is 2. The average Bonchev–Trinajstić information content (AvgIpc) is 2.85. The van der Waals surface area contributed by atoms with Crippen LogP contribution in [0.3, 0.4) is 0 Å². The molecule has 0 bridgehead atoms. The Morgan fingerprint density at radius 2 is 2.00 bits per heavy atom. The molecule has 1 fully saturated rings. The molecule has 2 aliphatic heterocycles. The highest BCUT2D eigenvalue weighted by Crippen LogP contribution is 2.41. The molecule has 0 aliphatic carbocycles. The fourth-order valence-corrected chi connectivity index (χ4v) is 5.24. The summed E-state index contributed by atoms with van der Waals surface area (Å²) in [6.45, 7) is 10.0. The average molecular weight is 340 g/mol. The van der Waals surface area contributed by atoms with Crippen LogP contribution in [-0.2, 0) is 16.6 Å². The summed E-state index contributed by atoms with van der Waals surface area (Å²) in [5.74, 6) is 0.164. The number of likely N-dealkylation sites (N-methyl/N-ethyl adjacent to an activating group) is 1. The van der Waals surface area contributed by atoms with E-state index in [0.717, 1.165) is 0 Å². The Hall–Kier alpha value is -1.41. The largest absolute Gasteiger partial charge is 0.333 e. The van der Waals surface area contributed by atoms with Crippen LogP contribution in [0.4, 0.5) is 0 Å². The maximum Gasteiger partial charge on any atom is 0.274 e. The van der Waals surface area contributed by atoms with Crippen molar-refractivity contribution >= 4 is 15.9 Å². The van der Waals surface area contributed by atoms with Gasteiger partial charge in [0, 0.05) is 37.7 Å². The van der Waals surface area contributed by atoms with Gasteiger partial charge in [0.2, 0.25) is 0 Å². The molecule has 7 nitrogen and oxygen atoms in total. The standard InChI is InChI=1S/C15H24N4O3S/c1-10(2)13-15(3,4)9-18(13)14(20)11-8-12-19(16-11)7-6-17(5)23(12,21)22/h8,10,13H,6-7,9H2,1-5H3/t13-/m0/s1. The van der Waals surface area contributed by atoms with E-state index in [1.54, 1.807) is 7.05 Å². The lowest BCUT2D eigenvalue weighted by atomic mass is 9.70. The molecular formula is C15H24N4O3S. The number of nitrogens with zero attached hydrogens (tertiary/aromatic N) is 4. The first kappa shape index (κ1) is 16.4. The summed E-state index contributed by atoms with van der Waals surface area (Å²) in [6.07, 6.45) is 0. The Morgan fingerprint density at radius 1 is 1.35 bits per heavy atom. The van der Waals surface area contributed by atoms with Crippen molar-refractivity contribution in [1.29, 1.82) is 0 Å². The predicted octanol–water partition coefficient (Wildman–Crippen LogP) is 1.02. The molecule has 128 valence electrons. The van der Waals surface area contributed by atoms with Gasteiger partial charge in [0.25, 0.3) is 15.9 Å². The Morgan fingerprint density at radius 3 is 2.57 bits per heavy atom. The topological polar surface area (TPSA) is 75.5 Å². The second-order valence-electron chi connectivity index (χ2n) is 7.53. The number of fused-ring (bicyclic) bond motifs is 1. The minimum atomic E-state index is -3.54. The van der Waals surface area contributed by atoms with E-state index in [4.69, 9.17) is 0 Å². The molecule has 3 heterocycles. The van der Waals surface area contributed by atoms with Crippen molar-refractivity contribution in [2.45, 2.75) is 45.3 Å². The molecule has 0 saturated carbocycles. The van der Waals surface area contributed by atoms with Crippen LogP contribution in [0.5, 0.6) is 0 Å². The van der Waals surface area contributed by atoms with Gasteiger partial charge in [-0.3, -0.25) is 9.48 Å². The number of hydrogen-bond donors (Lipinski definition) is 0. The maximum absolute atomic E-state index is 12.8. The molecule has 2 aliphatic rings. The lowest BCUT2D eigenvalue weighted by Crippen LogP contribution is -2.65. The molecule has 1 aromatic rings. The quantitative estimate of drug-likeness (QED) is 0.806. The zero-order valence-corrected chi connectivity index (χ0v) is 15.1. The first-order chi connectivity index (χ1) is 10.6. The highest BCUT2D eigenvalue weighted by Gasteiger charge is 2.50. The number of carbonyl (C=O) groups is 1. The Kier molecular flexibility index (Phi) is 3.61. The van der Waals surface area contributed by atoms with E-state index in [2.05, 4.69) is 32.8 Å². The van der Waals surface area contributed by atoms with Crippen LogP contribution in [0, 0.1) is 11.3 Å². The van der Waals surface area contributed by atoms with Gasteiger partial charge in [-0.05, 0) is 5.92 Å². The van der Waals surface area contributed by atoms with E-state index in [1.807, 2.05) is 4.90 Å². The first-order valence-corrected chi connectivity index (χ1v) is 9.35. The molecule has 23 heavy (non-hydrogen) atoms. The van der Waals surface area contributed by atoms with Gasteiger partial charge < -0.3 is 4.90 Å². The summed E-state index contributed by atoms with van der Waals surface area (Å²) in [4.78, 5) is 14.6. The van der Waals surface area contributed by atoms with Crippen molar-refractivity contribution in [1.82, 2.24) is 19.0 Å². The molecule has 0 radical (unpaired) electrons. The summed E-state index contributed by atoms with van der Waals surface area (Å²) in [5, 5.41) is 4.35. The van der Waals surface area contributed by atoms with Crippen molar-refractivity contribution < 1.29 is 13.2 Å². The third-order valence-corrected chi connectivity index (χ3v) is 6.73. The van der Waals surface area contributed by atoms with Crippen LogP contribution < -0.4 is 0 Å². The SMILES string of the molecule is CC(C)[C@@H]1N(C(=O)c2cc3n(n2)CCN(C)S3(=O)=O)CC1(C)C. The molecule has 1 aromatic heterocycles. The molecule has 1 amide bonds. The van der Waals surface area contributed by atoms with Gasteiger partial charge >= 0.3 is 0 Å². The third kappa shape index (κ3) is 2.39. The molecule has 8 heteroatoms. The molecule has 1 atom stereocenters. The van der Waals surface area contributed by atoms with Gasteiger partial charge in [-0.2, -0.15) is 9.40 Å². The second-order valence-corrected chi connectivity index (χ2v) is 9.52. The van der Waals surface area contributed by atoms with Crippen molar-refractivity contribution in [2.24, 2.45) is 11.3 Å². The molecular weight excluding hydrogens is 316 g/mol. The molecule has 0 N–H and O–H groups in total. The summed E-state index contributed by atoms with van der Waals surface area (Å²) in [6, 6.07) is 1.56. The lowest BCUT2D eigenvalue weighted by Gasteiger charge is -2.56. The van der Waals surface area contributed by atoms with E-state index < -0.39 is 10.0 Å². The van der Waals surface area contributed by atoms with E-state index in [-0.39, 0.29) is 28.1 Å². The summed E-state index contributed by atoms with van der Waals surface area (Å²) < 4.78 is 27.3. The van der Waals surface area contributed by atoms with E-state index in [1.165, 1.54) is 15.1 Å². The maximum atomic E-state index is 12.8. The first-order valence-electron chi connectivity index (χ1n) is 7.91. The van der Waals surface area contributed by atoms with Crippen LogP contribution in [-0.4, -0.2) is 59.5 Å². The number of amides is 1. The van der Waals surface area contributed by atoms with Crippen LogP contribution in [0.2, 0.25) is 0 Å². The predicted molar refractivity (Wildman–Crippen MR) is 85.5 cm³/mol. The van der Waals surface area contributed by atoms with Crippen molar-refractivity contribution in [3.63, 3.8) is 0 Å². The molecule has 0 unspecified atom stereocenters. The summed E-state index contributed by atoms with van der Waals surface area (Å²) in [7, 11) is -2.00. The van der Waals surface area contributed by atoms with Gasteiger partial charge in [0.15, 0.2) is 10.7 Å². The summed E-state index contributed by atoms with van der Waals surface area (Å²) in [5.41, 5.74) is 0.301. The zero-order valence-electron chi connectivity index (χ0n) is 14.3. The fraction of sp³-hybridized carbons (Fsp3) is 0.733. The van der Waals surface area contributed by atoms with E-state index >= 15 is 0 Å². The van der Waals surface area contributed by atoms with Gasteiger partial charge in [-0.15, -0.1) is 0 Å². The highest BCUT2D eigenvalue weighted by atomic mass is 32.2. The van der Waals surface area contributed by atoms with Crippen molar-refractivity contribution in [2.75, 3.05) is 20.1 Å².